The molecule has 0 bridgehead atoms. The number of nitrogens with zero attached hydrogens (tertiary/aromatic N) is 4. The van der Waals surface area contributed by atoms with Crippen molar-refractivity contribution in [2.24, 2.45) is 0 Å². The van der Waals surface area contributed by atoms with E-state index in [1.807, 2.05) is 34.0 Å². The van der Waals surface area contributed by atoms with Crippen molar-refractivity contribution >= 4 is 16.8 Å². The van der Waals surface area contributed by atoms with Crippen LogP contribution in [-0.2, 0) is 25.9 Å². The summed E-state index contributed by atoms with van der Waals surface area (Å²) in [6.45, 7) is 5.44. The third kappa shape index (κ3) is 3.60. The SMILES string of the molecule is CCn1nc(C(=O)N2CCCC2)c2c1CCC(NCc1cnc3ccccc3c1)C2. The molecule has 6 heteroatoms. The van der Waals surface area contributed by atoms with Gasteiger partial charge in [-0.2, -0.15) is 5.10 Å². The first-order valence-electron chi connectivity index (χ1n) is 11.2. The zero-order valence-electron chi connectivity index (χ0n) is 17.6. The number of amides is 1. The van der Waals surface area contributed by atoms with Crippen LogP contribution in [0, 0.1) is 0 Å². The summed E-state index contributed by atoms with van der Waals surface area (Å²) in [5, 5.41) is 9.61. The molecule has 1 aliphatic heterocycles. The highest BCUT2D eigenvalue weighted by Gasteiger charge is 2.31. The van der Waals surface area contributed by atoms with E-state index in [1.54, 1.807) is 0 Å². The Kier molecular flexibility index (Phi) is 5.25. The molecule has 3 heterocycles. The first kappa shape index (κ1) is 19.2. The Balaban J connectivity index is 1.32. The summed E-state index contributed by atoms with van der Waals surface area (Å²) in [7, 11) is 0. The van der Waals surface area contributed by atoms with Gasteiger partial charge in [-0.25, -0.2) is 0 Å². The van der Waals surface area contributed by atoms with Gasteiger partial charge >= 0.3 is 0 Å². The van der Waals surface area contributed by atoms with Crippen molar-refractivity contribution in [3.05, 3.63) is 59.0 Å². The summed E-state index contributed by atoms with van der Waals surface area (Å²) in [5.74, 6) is 0.121. The molecular weight excluding hydrogens is 374 g/mol. The number of hydrogen-bond acceptors (Lipinski definition) is 4. The number of pyridine rings is 1. The molecule has 2 aliphatic rings. The van der Waals surface area contributed by atoms with Gasteiger partial charge in [0.25, 0.3) is 5.91 Å². The Morgan fingerprint density at radius 3 is 2.90 bits per heavy atom. The minimum Gasteiger partial charge on any atom is -0.337 e. The van der Waals surface area contributed by atoms with Gasteiger partial charge in [-0.1, -0.05) is 18.2 Å². The fourth-order valence-electron chi connectivity index (χ4n) is 4.84. The molecule has 1 amide bonds. The van der Waals surface area contributed by atoms with Gasteiger partial charge in [-0.3, -0.25) is 14.5 Å². The van der Waals surface area contributed by atoms with Crippen molar-refractivity contribution in [1.82, 2.24) is 25.0 Å². The Morgan fingerprint density at radius 2 is 2.07 bits per heavy atom. The van der Waals surface area contributed by atoms with Gasteiger partial charge in [0.1, 0.15) is 0 Å². The molecule has 2 aromatic heterocycles. The predicted molar refractivity (Wildman–Crippen MR) is 117 cm³/mol. The lowest BCUT2D eigenvalue weighted by Gasteiger charge is -2.25. The molecule has 30 heavy (non-hydrogen) atoms. The number of benzene rings is 1. The van der Waals surface area contributed by atoms with Crippen LogP contribution in [0.1, 0.15) is 53.5 Å². The molecule has 1 aliphatic carbocycles. The number of rotatable bonds is 5. The average molecular weight is 404 g/mol. The third-order valence-electron chi connectivity index (χ3n) is 6.48. The maximum absolute atomic E-state index is 13.1. The summed E-state index contributed by atoms with van der Waals surface area (Å²) in [5.41, 5.74) is 5.32. The number of carbonyl (C=O) groups excluding carboxylic acids is 1. The van der Waals surface area contributed by atoms with Crippen LogP contribution in [0.5, 0.6) is 0 Å². The number of likely N-dealkylation sites (tertiary alicyclic amines) is 1. The van der Waals surface area contributed by atoms with E-state index in [2.05, 4.69) is 29.4 Å². The molecule has 6 nitrogen and oxygen atoms in total. The minimum atomic E-state index is 0.121. The third-order valence-corrected chi connectivity index (χ3v) is 6.48. The number of aromatic nitrogens is 3. The highest BCUT2D eigenvalue weighted by atomic mass is 16.2. The maximum atomic E-state index is 13.1. The molecule has 156 valence electrons. The van der Waals surface area contributed by atoms with Crippen LogP contribution in [0.25, 0.3) is 10.9 Å². The molecule has 1 unspecified atom stereocenters. The molecule has 1 fully saturated rings. The van der Waals surface area contributed by atoms with E-state index >= 15 is 0 Å². The maximum Gasteiger partial charge on any atom is 0.274 e. The standard InChI is InChI=1S/C24H29N5O/c1-2-29-22-10-9-19(14-20(22)23(27-29)24(30)28-11-5-6-12-28)25-15-17-13-18-7-3-4-8-21(18)26-16-17/h3-4,7-8,13,16,19,25H,2,5-6,9-12,14-15H2,1H3. The largest absolute Gasteiger partial charge is 0.337 e. The number of fused-ring (bicyclic) bond motifs is 2. The van der Waals surface area contributed by atoms with Gasteiger partial charge < -0.3 is 10.2 Å². The summed E-state index contributed by atoms with van der Waals surface area (Å²) in [6.07, 6.45) is 7.07. The van der Waals surface area contributed by atoms with E-state index in [9.17, 15) is 4.79 Å². The Morgan fingerprint density at radius 1 is 1.23 bits per heavy atom. The van der Waals surface area contributed by atoms with Crippen molar-refractivity contribution < 1.29 is 4.79 Å². The number of para-hydroxylation sites is 1. The number of aryl methyl sites for hydroxylation is 1. The second kappa shape index (κ2) is 8.19. The number of carbonyl (C=O) groups is 1. The van der Waals surface area contributed by atoms with E-state index in [-0.39, 0.29) is 5.91 Å². The van der Waals surface area contributed by atoms with E-state index in [4.69, 9.17) is 5.10 Å². The Bertz CT molecular complexity index is 1070. The normalized spacial score (nSPS) is 18.7. The van der Waals surface area contributed by atoms with Gasteiger partial charge in [0.15, 0.2) is 5.69 Å². The lowest BCUT2D eigenvalue weighted by Crippen LogP contribution is -2.35. The molecule has 3 aromatic rings. The summed E-state index contributed by atoms with van der Waals surface area (Å²) in [6, 6.07) is 10.8. The topological polar surface area (TPSA) is 63.1 Å². The summed E-state index contributed by atoms with van der Waals surface area (Å²) < 4.78 is 2.04. The van der Waals surface area contributed by atoms with Gasteiger partial charge in [0.2, 0.25) is 0 Å². The summed E-state index contributed by atoms with van der Waals surface area (Å²) in [4.78, 5) is 19.6. The molecule has 1 saturated heterocycles. The van der Waals surface area contributed by atoms with Crippen molar-refractivity contribution in [1.29, 1.82) is 0 Å². The molecule has 0 spiro atoms. The van der Waals surface area contributed by atoms with Crippen LogP contribution >= 0.6 is 0 Å². The van der Waals surface area contributed by atoms with Gasteiger partial charge in [0.05, 0.1) is 5.52 Å². The molecule has 1 aromatic carbocycles. The smallest absolute Gasteiger partial charge is 0.274 e. The van der Waals surface area contributed by atoms with Crippen molar-refractivity contribution in [3.8, 4) is 0 Å². The molecule has 1 atom stereocenters. The first-order chi connectivity index (χ1) is 14.7. The zero-order chi connectivity index (χ0) is 20.5. The van der Waals surface area contributed by atoms with Crippen LogP contribution in [-0.4, -0.2) is 44.7 Å². The second-order valence-corrected chi connectivity index (χ2v) is 8.45. The van der Waals surface area contributed by atoms with Crippen molar-refractivity contribution in [2.75, 3.05) is 13.1 Å². The fraction of sp³-hybridized carbons (Fsp3) is 0.458. The lowest BCUT2D eigenvalue weighted by molar-refractivity contribution is 0.0785. The van der Waals surface area contributed by atoms with Gasteiger partial charge in [0, 0.05) is 55.1 Å². The van der Waals surface area contributed by atoms with E-state index in [0.717, 1.165) is 69.4 Å². The highest BCUT2D eigenvalue weighted by Crippen LogP contribution is 2.27. The van der Waals surface area contributed by atoms with Gasteiger partial charge in [-0.15, -0.1) is 0 Å². The molecule has 0 saturated carbocycles. The van der Waals surface area contributed by atoms with Crippen molar-refractivity contribution in [2.45, 2.75) is 58.2 Å². The van der Waals surface area contributed by atoms with Gasteiger partial charge in [-0.05, 0) is 56.7 Å². The number of nitrogens with one attached hydrogen (secondary N) is 1. The first-order valence-corrected chi connectivity index (χ1v) is 11.2. The molecule has 5 rings (SSSR count). The molecule has 0 radical (unpaired) electrons. The van der Waals surface area contributed by atoms with Crippen LogP contribution in [0.15, 0.2) is 36.5 Å². The zero-order valence-corrected chi connectivity index (χ0v) is 17.6. The molecular formula is C24H29N5O. The average Bonchev–Trinajstić information content (AvgIpc) is 3.45. The summed E-state index contributed by atoms with van der Waals surface area (Å²) >= 11 is 0. The Labute approximate surface area is 177 Å². The van der Waals surface area contributed by atoms with E-state index < -0.39 is 0 Å². The quantitative estimate of drug-likeness (QED) is 0.710. The Hall–Kier alpha value is -2.73. The lowest BCUT2D eigenvalue weighted by atomic mass is 9.91. The van der Waals surface area contributed by atoms with Crippen LogP contribution < -0.4 is 5.32 Å². The van der Waals surface area contributed by atoms with Crippen LogP contribution in [0.3, 0.4) is 0 Å². The number of hydrogen-bond donors (Lipinski definition) is 1. The van der Waals surface area contributed by atoms with Crippen molar-refractivity contribution in [3.63, 3.8) is 0 Å². The van der Waals surface area contributed by atoms with Crippen LogP contribution in [0.2, 0.25) is 0 Å². The monoisotopic (exact) mass is 403 g/mol. The van der Waals surface area contributed by atoms with E-state index in [0.29, 0.717) is 11.7 Å². The van der Waals surface area contributed by atoms with E-state index in [1.165, 1.54) is 16.6 Å². The predicted octanol–water partition coefficient (Wildman–Crippen LogP) is 3.33. The highest BCUT2D eigenvalue weighted by molar-refractivity contribution is 5.94. The van der Waals surface area contributed by atoms with Crippen LogP contribution in [0.4, 0.5) is 0 Å². The second-order valence-electron chi connectivity index (χ2n) is 8.45. The minimum absolute atomic E-state index is 0.121. The molecule has 1 N–H and O–H groups in total. The fourth-order valence-corrected chi connectivity index (χ4v) is 4.84.